The van der Waals surface area contributed by atoms with E-state index in [1.165, 1.54) is 18.2 Å². The maximum absolute atomic E-state index is 14.6. The van der Waals surface area contributed by atoms with Crippen LogP contribution >= 0.6 is 11.6 Å². The van der Waals surface area contributed by atoms with Crippen molar-refractivity contribution in [3.63, 3.8) is 0 Å². The summed E-state index contributed by atoms with van der Waals surface area (Å²) in [4.78, 5) is 26.0. The topological polar surface area (TPSA) is 97.0 Å². The van der Waals surface area contributed by atoms with Crippen LogP contribution in [0.2, 0.25) is 5.02 Å². The molecule has 4 rings (SSSR count). The molecule has 1 aliphatic heterocycles. The molecule has 2 unspecified atom stereocenters. The largest absolute Gasteiger partial charge is 0.419 e. The first-order valence-corrected chi connectivity index (χ1v) is 11.1. The van der Waals surface area contributed by atoms with Crippen LogP contribution in [0.1, 0.15) is 35.1 Å². The summed E-state index contributed by atoms with van der Waals surface area (Å²) in [6.45, 7) is 2.20. The molecule has 2 atom stereocenters. The van der Waals surface area contributed by atoms with E-state index in [4.69, 9.17) is 16.1 Å². The van der Waals surface area contributed by atoms with E-state index in [1.54, 1.807) is 13.8 Å². The maximum atomic E-state index is 14.6. The molecule has 2 aromatic heterocycles. The number of nitrogens with zero attached hydrogens (tertiary/aromatic N) is 5. The van der Waals surface area contributed by atoms with E-state index in [-0.39, 0.29) is 34.5 Å². The lowest BCUT2D eigenvalue weighted by Gasteiger charge is -2.43. The summed E-state index contributed by atoms with van der Waals surface area (Å²) in [6, 6.07) is 3.55. The Bertz CT molecular complexity index is 1250. The van der Waals surface area contributed by atoms with Gasteiger partial charge in [0.25, 0.3) is 17.7 Å². The highest BCUT2D eigenvalue weighted by Crippen LogP contribution is 2.37. The average molecular weight is 531 g/mol. The molecule has 3 heterocycles. The van der Waals surface area contributed by atoms with Crippen molar-refractivity contribution in [2.75, 3.05) is 18.4 Å². The monoisotopic (exact) mass is 530 g/mol. The van der Waals surface area contributed by atoms with Gasteiger partial charge >= 0.3 is 6.18 Å². The van der Waals surface area contributed by atoms with E-state index in [0.717, 1.165) is 4.90 Å². The summed E-state index contributed by atoms with van der Waals surface area (Å²) in [6.07, 6.45) is -3.86. The normalized spacial score (nSPS) is 19.8. The van der Waals surface area contributed by atoms with Crippen LogP contribution in [-0.4, -0.2) is 56.0 Å². The van der Waals surface area contributed by atoms with E-state index in [2.05, 4.69) is 25.4 Å². The van der Waals surface area contributed by atoms with Gasteiger partial charge in [0.1, 0.15) is 0 Å². The number of aromatic nitrogens is 4. The molecule has 36 heavy (non-hydrogen) atoms. The Kier molecular flexibility index (Phi) is 6.86. The van der Waals surface area contributed by atoms with Gasteiger partial charge in [0, 0.05) is 30.4 Å². The Labute approximate surface area is 206 Å². The Morgan fingerprint density at radius 1 is 1.28 bits per heavy atom. The minimum atomic E-state index is -4.60. The molecule has 1 aliphatic rings. The van der Waals surface area contributed by atoms with Crippen molar-refractivity contribution in [1.82, 2.24) is 25.0 Å². The second-order valence-corrected chi connectivity index (χ2v) is 8.98. The van der Waals surface area contributed by atoms with Crippen molar-refractivity contribution in [2.24, 2.45) is 5.92 Å². The summed E-state index contributed by atoms with van der Waals surface area (Å²) < 4.78 is 72.6. The lowest BCUT2D eigenvalue weighted by atomic mass is 9.87. The molecule has 0 spiro atoms. The average Bonchev–Trinajstić information content (AvgIpc) is 3.22. The first kappa shape index (κ1) is 25.7. The number of nitrogens with one attached hydrogen (secondary N) is 1. The summed E-state index contributed by atoms with van der Waals surface area (Å²) in [5.41, 5.74) is -0.809. The number of hydrogen-bond acceptors (Lipinski definition) is 7. The van der Waals surface area contributed by atoms with Crippen molar-refractivity contribution >= 4 is 23.5 Å². The molecular weight excluding hydrogens is 511 g/mol. The number of carbonyl (C=O) groups is 1. The smallest absolute Gasteiger partial charge is 0.352 e. The highest BCUT2D eigenvalue weighted by molar-refractivity contribution is 6.31. The third-order valence-corrected chi connectivity index (χ3v) is 5.99. The number of likely N-dealkylation sites (tertiary alicyclic amines) is 1. The highest BCUT2D eigenvalue weighted by Gasteiger charge is 2.46. The zero-order valence-corrected chi connectivity index (χ0v) is 19.7. The van der Waals surface area contributed by atoms with Gasteiger partial charge in [-0.05, 0) is 31.0 Å². The van der Waals surface area contributed by atoms with Crippen molar-refractivity contribution in [2.45, 2.75) is 38.4 Å². The molecule has 1 amide bonds. The van der Waals surface area contributed by atoms with Gasteiger partial charge in [-0.3, -0.25) is 4.79 Å². The molecule has 1 N–H and O–H groups in total. The Morgan fingerprint density at radius 2 is 1.97 bits per heavy atom. The molecule has 8 nitrogen and oxygen atoms in total. The van der Waals surface area contributed by atoms with Gasteiger partial charge in [0.15, 0.2) is 5.82 Å². The van der Waals surface area contributed by atoms with Gasteiger partial charge < -0.3 is 14.7 Å². The van der Waals surface area contributed by atoms with Gasteiger partial charge in [-0.15, -0.1) is 0 Å². The number of anilines is 1. The summed E-state index contributed by atoms with van der Waals surface area (Å²) in [5.74, 6) is -4.37. The molecule has 0 bridgehead atoms. The lowest BCUT2D eigenvalue weighted by molar-refractivity contribution is -0.138. The third-order valence-electron chi connectivity index (χ3n) is 5.76. The molecule has 192 valence electrons. The number of aryl methyl sites for hydroxylation is 1. The number of hydrogen-bond donors (Lipinski definition) is 1. The first-order chi connectivity index (χ1) is 16.8. The van der Waals surface area contributed by atoms with Crippen LogP contribution in [0, 0.1) is 12.8 Å². The van der Waals surface area contributed by atoms with Crippen LogP contribution in [0.3, 0.4) is 0 Å². The molecule has 0 saturated carbocycles. The van der Waals surface area contributed by atoms with Crippen LogP contribution in [0.25, 0.3) is 11.5 Å². The van der Waals surface area contributed by atoms with E-state index in [1.807, 2.05) is 0 Å². The van der Waals surface area contributed by atoms with Gasteiger partial charge in [-0.2, -0.15) is 18.2 Å². The second kappa shape index (κ2) is 9.60. The molecular formula is C22H20ClF5N6O2. The molecule has 0 radical (unpaired) electrons. The van der Waals surface area contributed by atoms with Crippen LogP contribution < -0.4 is 5.32 Å². The molecule has 1 aromatic carbocycles. The summed E-state index contributed by atoms with van der Waals surface area (Å²) in [7, 11) is 0. The van der Waals surface area contributed by atoms with Crippen LogP contribution in [0.4, 0.5) is 27.9 Å². The fourth-order valence-electron chi connectivity index (χ4n) is 4.08. The molecule has 0 aliphatic carbocycles. The van der Waals surface area contributed by atoms with Crippen molar-refractivity contribution in [1.29, 1.82) is 0 Å². The predicted octanol–water partition coefficient (Wildman–Crippen LogP) is 5.11. The number of piperidine rings is 1. The zero-order valence-electron chi connectivity index (χ0n) is 19.0. The van der Waals surface area contributed by atoms with E-state index < -0.39 is 48.5 Å². The zero-order chi connectivity index (χ0) is 26.3. The molecule has 3 aromatic rings. The quantitative estimate of drug-likeness (QED) is 0.458. The lowest BCUT2D eigenvalue weighted by Crippen LogP contribution is -2.57. The minimum Gasteiger partial charge on any atom is -0.352 e. The summed E-state index contributed by atoms with van der Waals surface area (Å²) >= 11 is 6.11. The fourth-order valence-corrected chi connectivity index (χ4v) is 4.25. The maximum Gasteiger partial charge on any atom is 0.419 e. The summed E-state index contributed by atoms with van der Waals surface area (Å²) in [5, 5.41) is 6.65. The van der Waals surface area contributed by atoms with Crippen LogP contribution in [-0.2, 0) is 6.18 Å². The standard InChI is InChI=1S/C22H20ClF5N6O2/c1-11-6-21(24,25)10-34(17(11)9-31-20-29-7-13(8-30-20)22(26,27)28)19(35)16-5-14(23)3-4-15(16)18-32-12(2)33-36-18/h3-5,7-8,11,17H,6,9-10H2,1-2H3,(H,29,30,31). The Morgan fingerprint density at radius 3 is 2.58 bits per heavy atom. The Balaban J connectivity index is 1.63. The number of carbonyl (C=O) groups excluding carboxylic acids is 1. The highest BCUT2D eigenvalue weighted by atomic mass is 35.5. The molecule has 14 heteroatoms. The van der Waals surface area contributed by atoms with Gasteiger partial charge in [-0.25, -0.2) is 18.7 Å². The second-order valence-electron chi connectivity index (χ2n) is 8.55. The molecule has 1 saturated heterocycles. The molecule has 1 fully saturated rings. The predicted molar refractivity (Wildman–Crippen MR) is 119 cm³/mol. The fraction of sp³-hybridized carbons (Fsp3) is 0.409. The number of amides is 1. The Hall–Kier alpha value is -3.35. The van der Waals surface area contributed by atoms with E-state index in [0.29, 0.717) is 18.2 Å². The van der Waals surface area contributed by atoms with Gasteiger partial charge in [-0.1, -0.05) is 23.7 Å². The number of benzene rings is 1. The van der Waals surface area contributed by atoms with E-state index in [9.17, 15) is 26.7 Å². The van der Waals surface area contributed by atoms with Gasteiger partial charge in [0.2, 0.25) is 5.95 Å². The van der Waals surface area contributed by atoms with E-state index >= 15 is 0 Å². The number of rotatable bonds is 5. The minimum absolute atomic E-state index is 0.00756. The van der Waals surface area contributed by atoms with Crippen LogP contribution in [0.5, 0.6) is 0 Å². The van der Waals surface area contributed by atoms with Crippen molar-refractivity contribution in [3.8, 4) is 11.5 Å². The van der Waals surface area contributed by atoms with Crippen molar-refractivity contribution < 1.29 is 31.3 Å². The number of alkyl halides is 5. The number of halogens is 6. The van der Waals surface area contributed by atoms with Crippen LogP contribution in [0.15, 0.2) is 35.1 Å². The first-order valence-electron chi connectivity index (χ1n) is 10.8. The van der Waals surface area contributed by atoms with Crippen molar-refractivity contribution in [3.05, 3.63) is 52.6 Å². The third kappa shape index (κ3) is 5.55. The van der Waals surface area contributed by atoms with Gasteiger partial charge in [0.05, 0.1) is 29.3 Å². The SMILES string of the molecule is Cc1noc(-c2ccc(Cl)cc2C(=O)N2CC(F)(F)CC(C)C2CNc2ncc(C(F)(F)F)cn2)n1.